The first-order valence-electron chi connectivity index (χ1n) is 18.0. The molecule has 0 aromatic rings. The van der Waals surface area contributed by atoms with E-state index in [1.807, 2.05) is 0 Å². The monoisotopic (exact) mass is 572 g/mol. The molecule has 0 amide bonds. The van der Waals surface area contributed by atoms with Gasteiger partial charge in [-0.05, 0) is 149 Å². The quantitative estimate of drug-likeness (QED) is 0.245. The van der Waals surface area contributed by atoms with Gasteiger partial charge in [0.2, 0.25) is 0 Å². The highest BCUT2D eigenvalue weighted by molar-refractivity contribution is 5.95. The van der Waals surface area contributed by atoms with Gasteiger partial charge in [0.1, 0.15) is 0 Å². The summed E-state index contributed by atoms with van der Waals surface area (Å²) in [6.07, 6.45) is 23.4. The smallest absolute Gasteiger partial charge is 0.0577 e. The van der Waals surface area contributed by atoms with Gasteiger partial charge < -0.3 is 10.2 Å². The van der Waals surface area contributed by atoms with E-state index in [0.717, 1.165) is 74.0 Å². The van der Waals surface area contributed by atoms with Crippen LogP contribution in [0.25, 0.3) is 0 Å². The van der Waals surface area contributed by atoms with Crippen molar-refractivity contribution in [2.75, 3.05) is 0 Å². The summed E-state index contributed by atoms with van der Waals surface area (Å²) in [4.78, 5) is 0. The van der Waals surface area contributed by atoms with E-state index in [1.165, 1.54) is 75.6 Å². The summed E-state index contributed by atoms with van der Waals surface area (Å²) in [6.45, 7) is 10.2. The molecule has 8 aliphatic rings. The van der Waals surface area contributed by atoms with Crippen molar-refractivity contribution in [1.82, 2.24) is 0 Å². The maximum atomic E-state index is 10.4. The van der Waals surface area contributed by atoms with Crippen molar-refractivity contribution in [3.63, 3.8) is 0 Å². The second-order valence-electron chi connectivity index (χ2n) is 17.4. The summed E-state index contributed by atoms with van der Waals surface area (Å²) in [5, 5.41) is 31.2. The van der Waals surface area contributed by atoms with Crippen LogP contribution in [0.2, 0.25) is 0 Å². The molecule has 0 aliphatic heterocycles. The SMILES string of the molecule is C[C@]12CC[C@@H](O)CC1=CC[C@@H]1[C@H]3CC/C(=N/N=C4/CC[C@H]5[C@@H]6CC=C7C[C@@H](O)CC[C@]7(C)[C@H]6CC[C@]45C)[C@]3(C)CC[C@@H]12. The van der Waals surface area contributed by atoms with Crippen molar-refractivity contribution in [2.45, 2.75) is 143 Å². The van der Waals surface area contributed by atoms with Crippen LogP contribution < -0.4 is 0 Å². The minimum absolute atomic E-state index is 0.123. The predicted molar refractivity (Wildman–Crippen MR) is 170 cm³/mol. The highest BCUT2D eigenvalue weighted by Crippen LogP contribution is 2.66. The fraction of sp³-hybridized carbons (Fsp3) is 0.842. The predicted octanol–water partition coefficient (Wildman–Crippen LogP) is 8.43. The van der Waals surface area contributed by atoms with Crippen LogP contribution in [-0.4, -0.2) is 33.8 Å². The van der Waals surface area contributed by atoms with Gasteiger partial charge in [-0.2, -0.15) is 10.2 Å². The van der Waals surface area contributed by atoms with Gasteiger partial charge in [0.15, 0.2) is 0 Å². The zero-order valence-corrected chi connectivity index (χ0v) is 26.9. The lowest BCUT2D eigenvalue weighted by Gasteiger charge is -2.57. The molecule has 12 atom stereocenters. The van der Waals surface area contributed by atoms with Crippen molar-refractivity contribution in [3.8, 4) is 0 Å². The largest absolute Gasteiger partial charge is 0.393 e. The Morgan fingerprint density at radius 3 is 1.36 bits per heavy atom. The number of aliphatic hydroxyl groups excluding tert-OH is 2. The van der Waals surface area contributed by atoms with E-state index in [9.17, 15) is 10.2 Å². The third kappa shape index (κ3) is 3.85. The van der Waals surface area contributed by atoms with Crippen LogP contribution >= 0.6 is 0 Å². The summed E-state index contributed by atoms with van der Waals surface area (Å²) in [7, 11) is 0. The Balaban J connectivity index is 1.03. The minimum atomic E-state index is -0.123. The molecule has 0 aromatic carbocycles. The Bertz CT molecular complexity index is 1170. The zero-order chi connectivity index (χ0) is 29.1. The summed E-state index contributed by atoms with van der Waals surface area (Å²) < 4.78 is 0. The standard InChI is InChI=1S/C38H56N2O2/c1-35-17-13-25(41)21-23(35)5-7-27-29-9-11-33(37(29,3)19-15-31(27)35)39-40-34-12-10-30-28-8-6-24-22-26(42)14-18-36(24,2)32(28)16-20-38(30,34)4/h5-6,25-32,41-42H,7-22H2,1-4H3/b39-33-,40-34-/t25-,26+,27-,28+,29-,30+,31-,32-,35-,36-,37-,38+/m0/s1. The topological polar surface area (TPSA) is 65.2 Å². The third-order valence-electron chi connectivity index (χ3n) is 15.9. The first-order chi connectivity index (χ1) is 20.1. The molecule has 0 aromatic heterocycles. The number of allylic oxidation sites excluding steroid dienone is 2. The molecule has 4 heteroatoms. The van der Waals surface area contributed by atoms with Gasteiger partial charge in [-0.25, -0.2) is 0 Å². The fourth-order valence-corrected chi connectivity index (χ4v) is 13.3. The minimum Gasteiger partial charge on any atom is -0.393 e. The van der Waals surface area contributed by atoms with E-state index in [-0.39, 0.29) is 23.0 Å². The number of nitrogens with zero attached hydrogens (tertiary/aromatic N) is 2. The number of fused-ring (bicyclic) bond motifs is 10. The summed E-state index contributed by atoms with van der Waals surface area (Å²) in [5.74, 6) is 4.55. The van der Waals surface area contributed by atoms with Gasteiger partial charge in [-0.15, -0.1) is 0 Å². The maximum absolute atomic E-state index is 10.4. The Morgan fingerprint density at radius 2 is 0.929 bits per heavy atom. The van der Waals surface area contributed by atoms with E-state index in [2.05, 4.69) is 39.8 Å². The second kappa shape index (κ2) is 9.62. The van der Waals surface area contributed by atoms with Crippen molar-refractivity contribution >= 4 is 11.4 Å². The molecule has 0 bridgehead atoms. The summed E-state index contributed by atoms with van der Waals surface area (Å²) >= 11 is 0. The van der Waals surface area contributed by atoms with Crippen LogP contribution in [-0.2, 0) is 0 Å². The van der Waals surface area contributed by atoms with Gasteiger partial charge in [0.25, 0.3) is 0 Å². The second-order valence-corrected chi connectivity index (χ2v) is 17.4. The first-order valence-corrected chi connectivity index (χ1v) is 18.0. The van der Waals surface area contributed by atoms with Crippen LogP contribution in [0.1, 0.15) is 130 Å². The van der Waals surface area contributed by atoms with Crippen LogP contribution in [0, 0.1) is 57.2 Å². The normalized spacial score (nSPS) is 55.1. The van der Waals surface area contributed by atoms with Gasteiger partial charge in [0.05, 0.1) is 12.2 Å². The molecule has 230 valence electrons. The molecule has 0 heterocycles. The fourth-order valence-electron chi connectivity index (χ4n) is 13.3. The van der Waals surface area contributed by atoms with Crippen molar-refractivity contribution in [2.24, 2.45) is 67.4 Å². The Hall–Kier alpha value is -1.26. The Morgan fingerprint density at radius 1 is 0.548 bits per heavy atom. The lowest BCUT2D eigenvalue weighted by Crippen LogP contribution is -2.50. The van der Waals surface area contributed by atoms with Crippen molar-refractivity contribution in [3.05, 3.63) is 23.3 Å². The highest BCUT2D eigenvalue weighted by Gasteiger charge is 2.59. The molecule has 42 heavy (non-hydrogen) atoms. The van der Waals surface area contributed by atoms with E-state index in [4.69, 9.17) is 10.2 Å². The molecular weight excluding hydrogens is 516 g/mol. The molecular formula is C38H56N2O2. The van der Waals surface area contributed by atoms with E-state index in [0.29, 0.717) is 10.8 Å². The highest BCUT2D eigenvalue weighted by atomic mass is 16.3. The van der Waals surface area contributed by atoms with Gasteiger partial charge in [-0.1, -0.05) is 51.0 Å². The van der Waals surface area contributed by atoms with Gasteiger partial charge in [0, 0.05) is 22.3 Å². The molecule has 8 rings (SSSR count). The van der Waals surface area contributed by atoms with Gasteiger partial charge >= 0.3 is 0 Å². The molecule has 6 saturated carbocycles. The van der Waals surface area contributed by atoms with Crippen LogP contribution in [0.4, 0.5) is 0 Å². The zero-order valence-electron chi connectivity index (χ0n) is 26.9. The maximum Gasteiger partial charge on any atom is 0.0577 e. The molecule has 6 fully saturated rings. The third-order valence-corrected chi connectivity index (χ3v) is 15.9. The summed E-state index contributed by atoms with van der Waals surface area (Å²) in [6, 6.07) is 0. The van der Waals surface area contributed by atoms with Crippen molar-refractivity contribution in [1.29, 1.82) is 0 Å². The summed E-state index contributed by atoms with van der Waals surface area (Å²) in [5.41, 5.74) is 7.00. The molecule has 0 saturated heterocycles. The van der Waals surface area contributed by atoms with E-state index < -0.39 is 0 Å². The van der Waals surface area contributed by atoms with E-state index in [1.54, 1.807) is 11.1 Å². The Labute approximate surface area is 254 Å². The lowest BCUT2D eigenvalue weighted by atomic mass is 9.48. The number of hydrogen-bond acceptors (Lipinski definition) is 4. The number of aliphatic hydroxyl groups is 2. The number of rotatable bonds is 1. The van der Waals surface area contributed by atoms with E-state index >= 15 is 0 Å². The average molecular weight is 573 g/mol. The Kier molecular flexibility index (Phi) is 6.47. The molecule has 8 aliphatic carbocycles. The molecule has 0 unspecified atom stereocenters. The first kappa shape index (κ1) is 28.2. The molecule has 0 spiro atoms. The van der Waals surface area contributed by atoms with Crippen molar-refractivity contribution < 1.29 is 10.2 Å². The lowest BCUT2D eigenvalue weighted by molar-refractivity contribution is -0.0212. The van der Waals surface area contributed by atoms with Crippen LogP contribution in [0.15, 0.2) is 33.5 Å². The van der Waals surface area contributed by atoms with Crippen LogP contribution in [0.3, 0.4) is 0 Å². The average Bonchev–Trinajstić information content (AvgIpc) is 3.48. The molecule has 4 nitrogen and oxygen atoms in total. The molecule has 0 radical (unpaired) electrons. The van der Waals surface area contributed by atoms with Crippen LogP contribution in [0.5, 0.6) is 0 Å². The molecule has 2 N–H and O–H groups in total. The number of hydrogen-bond donors (Lipinski definition) is 2. The van der Waals surface area contributed by atoms with Gasteiger partial charge in [-0.3, -0.25) is 0 Å².